The van der Waals surface area contributed by atoms with Crippen molar-refractivity contribution in [2.24, 2.45) is 0 Å². The van der Waals surface area contributed by atoms with E-state index in [4.69, 9.17) is 0 Å². The van der Waals surface area contributed by atoms with Crippen molar-refractivity contribution in [1.29, 1.82) is 0 Å². The average molecular weight is 247 g/mol. The zero-order chi connectivity index (χ0) is 12.3. The maximum atomic E-state index is 2.74. The summed E-state index contributed by atoms with van der Waals surface area (Å²) < 4.78 is 0. The lowest BCUT2D eigenvalue weighted by Crippen LogP contribution is -2.44. The van der Waals surface area contributed by atoms with Crippen LogP contribution in [-0.4, -0.2) is 25.7 Å². The van der Waals surface area contributed by atoms with Crippen molar-refractivity contribution >= 4 is 8.07 Å². The normalized spacial score (nSPS) is 22.6. The third-order valence-electron chi connectivity index (χ3n) is 3.48. The first-order chi connectivity index (χ1) is 8.06. The molecule has 1 aliphatic rings. The van der Waals surface area contributed by atoms with Crippen LogP contribution in [0.1, 0.15) is 30.9 Å². The Bertz CT molecular complexity index is 342. The molecule has 1 atom stereocenters. The molecule has 94 valence electrons. The summed E-state index contributed by atoms with van der Waals surface area (Å²) in [5.41, 5.74) is 1.52. The molecule has 1 nitrogen and oxygen atoms in total. The maximum Gasteiger partial charge on any atom is 0.0599 e. The highest BCUT2D eigenvalue weighted by Gasteiger charge is 2.27. The van der Waals surface area contributed by atoms with E-state index in [1.165, 1.54) is 37.5 Å². The van der Waals surface area contributed by atoms with E-state index in [1.807, 2.05) is 0 Å². The van der Waals surface area contributed by atoms with E-state index in [0.717, 1.165) is 0 Å². The van der Waals surface area contributed by atoms with Gasteiger partial charge in [0.1, 0.15) is 0 Å². The van der Waals surface area contributed by atoms with Gasteiger partial charge in [0.2, 0.25) is 0 Å². The lowest BCUT2D eigenvalue weighted by Gasteiger charge is -2.39. The molecule has 0 N–H and O–H groups in total. The molecule has 1 aromatic rings. The summed E-state index contributed by atoms with van der Waals surface area (Å²) in [6.45, 7) is 8.72. The number of rotatable bonds is 3. The van der Waals surface area contributed by atoms with Crippen LogP contribution in [0.25, 0.3) is 0 Å². The molecule has 0 saturated carbocycles. The fraction of sp³-hybridized carbons (Fsp3) is 0.600. The Morgan fingerprint density at radius 3 is 2.47 bits per heavy atom. The molecule has 2 heteroatoms. The summed E-state index contributed by atoms with van der Waals surface area (Å²) in [5.74, 6) is 0. The molecule has 2 rings (SSSR count). The average Bonchev–Trinajstić information content (AvgIpc) is 2.29. The maximum absolute atomic E-state index is 2.74. The van der Waals surface area contributed by atoms with E-state index >= 15 is 0 Å². The van der Waals surface area contributed by atoms with Crippen LogP contribution in [0.3, 0.4) is 0 Å². The highest BCUT2D eigenvalue weighted by molar-refractivity contribution is 6.76. The molecule has 1 aliphatic heterocycles. The summed E-state index contributed by atoms with van der Waals surface area (Å²) in [6, 6.07) is 11.7. The van der Waals surface area contributed by atoms with Crippen molar-refractivity contribution in [3.05, 3.63) is 35.9 Å². The van der Waals surface area contributed by atoms with Crippen molar-refractivity contribution < 1.29 is 0 Å². The summed E-state index contributed by atoms with van der Waals surface area (Å²) in [4.78, 5) is 2.74. The van der Waals surface area contributed by atoms with Crippen LogP contribution in [0.15, 0.2) is 30.3 Å². The van der Waals surface area contributed by atoms with Crippen molar-refractivity contribution in [3.8, 4) is 0 Å². The number of hydrogen-bond acceptors (Lipinski definition) is 1. The van der Waals surface area contributed by atoms with E-state index < -0.39 is 8.07 Å². The van der Waals surface area contributed by atoms with Crippen LogP contribution in [0.2, 0.25) is 19.6 Å². The lowest BCUT2D eigenvalue weighted by molar-refractivity contribution is 0.172. The number of piperidine rings is 1. The van der Waals surface area contributed by atoms with E-state index in [0.29, 0.717) is 6.04 Å². The molecule has 0 radical (unpaired) electrons. The van der Waals surface area contributed by atoms with Crippen LogP contribution >= 0.6 is 0 Å². The smallest absolute Gasteiger partial charge is 0.0599 e. The summed E-state index contributed by atoms with van der Waals surface area (Å²) in [5, 5.41) is 0. The zero-order valence-electron chi connectivity index (χ0n) is 11.4. The van der Waals surface area contributed by atoms with Crippen molar-refractivity contribution in [1.82, 2.24) is 4.90 Å². The van der Waals surface area contributed by atoms with Gasteiger partial charge in [0, 0.05) is 6.04 Å². The van der Waals surface area contributed by atoms with Crippen LogP contribution in [0.5, 0.6) is 0 Å². The predicted molar refractivity (Wildman–Crippen MR) is 78.0 cm³/mol. The molecule has 0 bridgehead atoms. The second-order valence-corrected chi connectivity index (χ2v) is 11.9. The third kappa shape index (κ3) is 3.68. The molecule has 1 aromatic carbocycles. The minimum atomic E-state index is -0.993. The number of hydrogen-bond donors (Lipinski definition) is 0. The number of benzene rings is 1. The third-order valence-corrected chi connectivity index (χ3v) is 4.83. The first-order valence-electron chi connectivity index (χ1n) is 6.85. The molecule has 0 amide bonds. The molecule has 1 heterocycles. The molecular formula is C15H25NSi. The molecule has 0 aliphatic carbocycles. The van der Waals surface area contributed by atoms with Gasteiger partial charge in [-0.15, -0.1) is 0 Å². The largest absolute Gasteiger partial charge is 0.299 e. The van der Waals surface area contributed by atoms with Gasteiger partial charge in [-0.3, -0.25) is 4.90 Å². The van der Waals surface area contributed by atoms with Gasteiger partial charge in [0.05, 0.1) is 8.07 Å². The molecule has 17 heavy (non-hydrogen) atoms. The van der Waals surface area contributed by atoms with E-state index in [2.05, 4.69) is 54.9 Å². The van der Waals surface area contributed by atoms with Crippen molar-refractivity contribution in [3.63, 3.8) is 0 Å². The van der Waals surface area contributed by atoms with Crippen molar-refractivity contribution in [2.45, 2.75) is 44.9 Å². The van der Waals surface area contributed by atoms with Crippen molar-refractivity contribution in [2.75, 3.05) is 12.7 Å². The lowest BCUT2D eigenvalue weighted by atomic mass is 9.96. The Morgan fingerprint density at radius 2 is 1.82 bits per heavy atom. The topological polar surface area (TPSA) is 3.24 Å². The van der Waals surface area contributed by atoms with Gasteiger partial charge in [0.15, 0.2) is 0 Å². The Labute approximate surface area is 107 Å². The number of nitrogens with zero attached hydrogens (tertiary/aromatic N) is 1. The SMILES string of the molecule is C[Si](C)(C)CN1CCCCC1c1ccccc1. The molecular weight excluding hydrogens is 222 g/mol. The Morgan fingerprint density at radius 1 is 1.12 bits per heavy atom. The van der Waals surface area contributed by atoms with Crippen LogP contribution in [-0.2, 0) is 0 Å². The van der Waals surface area contributed by atoms with Gasteiger partial charge in [-0.1, -0.05) is 56.4 Å². The van der Waals surface area contributed by atoms with Gasteiger partial charge < -0.3 is 0 Å². The molecule has 0 aromatic heterocycles. The van der Waals surface area contributed by atoms with Gasteiger partial charge in [-0.25, -0.2) is 0 Å². The summed E-state index contributed by atoms with van der Waals surface area (Å²) in [6.07, 6.45) is 5.45. The first kappa shape index (κ1) is 12.8. The highest BCUT2D eigenvalue weighted by atomic mass is 28.3. The van der Waals surface area contributed by atoms with Crippen LogP contribution in [0, 0.1) is 0 Å². The quantitative estimate of drug-likeness (QED) is 0.727. The Hall–Kier alpha value is -0.603. The standard InChI is InChI=1S/C15H25NSi/c1-17(2,3)13-16-12-8-7-11-15(16)14-9-5-4-6-10-14/h4-6,9-10,15H,7-8,11-13H2,1-3H3. The van der Waals surface area contributed by atoms with Crippen LogP contribution in [0.4, 0.5) is 0 Å². The van der Waals surface area contributed by atoms with E-state index in [-0.39, 0.29) is 0 Å². The second-order valence-electron chi connectivity index (χ2n) is 6.45. The van der Waals surface area contributed by atoms with Gasteiger partial charge in [-0.2, -0.15) is 0 Å². The fourth-order valence-electron chi connectivity index (χ4n) is 2.84. The molecule has 0 spiro atoms. The molecule has 1 fully saturated rings. The van der Waals surface area contributed by atoms with Gasteiger partial charge in [0.25, 0.3) is 0 Å². The Kier molecular flexibility index (Phi) is 4.05. The first-order valence-corrected chi connectivity index (χ1v) is 10.6. The number of likely N-dealkylation sites (tertiary alicyclic amines) is 1. The predicted octanol–water partition coefficient (Wildman–Crippen LogP) is 4.09. The van der Waals surface area contributed by atoms with E-state index in [1.54, 1.807) is 0 Å². The second kappa shape index (κ2) is 5.36. The summed E-state index contributed by atoms with van der Waals surface area (Å²) >= 11 is 0. The molecule has 1 saturated heterocycles. The van der Waals surface area contributed by atoms with Gasteiger partial charge >= 0.3 is 0 Å². The summed E-state index contributed by atoms with van der Waals surface area (Å²) in [7, 11) is -0.993. The van der Waals surface area contributed by atoms with Gasteiger partial charge in [-0.05, 0) is 31.1 Å². The highest BCUT2D eigenvalue weighted by Crippen LogP contribution is 2.31. The minimum Gasteiger partial charge on any atom is -0.299 e. The van der Waals surface area contributed by atoms with E-state index in [9.17, 15) is 0 Å². The Balaban J connectivity index is 2.13. The van der Waals surface area contributed by atoms with Crippen LogP contribution < -0.4 is 0 Å². The minimum absolute atomic E-state index is 0.677. The monoisotopic (exact) mass is 247 g/mol. The zero-order valence-corrected chi connectivity index (χ0v) is 12.4. The fourth-order valence-corrected chi connectivity index (χ4v) is 4.44. The molecule has 1 unspecified atom stereocenters.